The Bertz CT molecular complexity index is 650. The van der Waals surface area contributed by atoms with E-state index in [1.165, 1.54) is 5.56 Å². The summed E-state index contributed by atoms with van der Waals surface area (Å²) < 4.78 is 5.68. The maximum atomic E-state index is 11.7. The van der Waals surface area contributed by atoms with Crippen molar-refractivity contribution < 1.29 is 24.2 Å². The van der Waals surface area contributed by atoms with Gasteiger partial charge in [0.25, 0.3) is 5.91 Å². The lowest BCUT2D eigenvalue weighted by molar-refractivity contribution is -0.139. The summed E-state index contributed by atoms with van der Waals surface area (Å²) in [5.74, 6) is -0.398. The molecular formula is C18H22N2O5. The molecule has 2 N–H and O–H groups in total. The Morgan fingerprint density at radius 3 is 2.44 bits per heavy atom. The second-order valence-electron chi connectivity index (χ2n) is 6.57. The van der Waals surface area contributed by atoms with Gasteiger partial charge in [0.1, 0.15) is 5.75 Å². The second kappa shape index (κ2) is 7.65. The van der Waals surface area contributed by atoms with Crippen LogP contribution in [0.2, 0.25) is 0 Å². The lowest BCUT2D eigenvalue weighted by Crippen LogP contribution is -2.46. The third-order valence-electron chi connectivity index (χ3n) is 4.76. The second-order valence-corrected chi connectivity index (χ2v) is 6.57. The normalized spacial score (nSPS) is 22.5. The highest BCUT2D eigenvalue weighted by Gasteiger charge is 2.28. The smallest absolute Gasteiger partial charge is 0.317 e. The van der Waals surface area contributed by atoms with Gasteiger partial charge in [-0.3, -0.25) is 24.6 Å². The van der Waals surface area contributed by atoms with E-state index >= 15 is 0 Å². The molecule has 1 aromatic rings. The van der Waals surface area contributed by atoms with E-state index in [4.69, 9.17) is 9.84 Å². The van der Waals surface area contributed by atoms with Crippen LogP contribution >= 0.6 is 0 Å². The topological polar surface area (TPSA) is 95.9 Å². The van der Waals surface area contributed by atoms with Gasteiger partial charge in [0.05, 0.1) is 6.54 Å². The van der Waals surface area contributed by atoms with E-state index in [0.717, 1.165) is 25.9 Å². The monoisotopic (exact) mass is 346 g/mol. The molecule has 2 saturated heterocycles. The van der Waals surface area contributed by atoms with E-state index in [9.17, 15) is 14.4 Å². The molecule has 2 amide bonds. The first kappa shape index (κ1) is 17.4. The molecule has 1 aromatic carbocycles. The van der Waals surface area contributed by atoms with Crippen LogP contribution in [0.1, 0.15) is 37.2 Å². The minimum Gasteiger partial charge on any atom is -0.481 e. The average Bonchev–Trinajstić information content (AvgIpc) is 2.58. The number of carbonyl (C=O) groups is 3. The Labute approximate surface area is 146 Å². The number of ether oxygens (including phenoxy) is 1. The predicted molar refractivity (Wildman–Crippen MR) is 89.3 cm³/mol. The molecule has 25 heavy (non-hydrogen) atoms. The number of nitrogens with zero attached hydrogens (tertiary/aromatic N) is 1. The van der Waals surface area contributed by atoms with E-state index in [2.05, 4.69) is 5.32 Å². The van der Waals surface area contributed by atoms with Gasteiger partial charge in [0.2, 0.25) is 5.91 Å². The number of amides is 2. The minimum absolute atomic E-state index is 0.103. The van der Waals surface area contributed by atoms with Crippen molar-refractivity contribution in [2.75, 3.05) is 19.6 Å². The van der Waals surface area contributed by atoms with E-state index in [0.29, 0.717) is 24.5 Å². The summed E-state index contributed by atoms with van der Waals surface area (Å²) in [5, 5.41) is 11.1. The number of carbonyl (C=O) groups excluding carboxylic acids is 2. The van der Waals surface area contributed by atoms with Crippen LogP contribution < -0.4 is 10.1 Å². The first-order valence-electron chi connectivity index (χ1n) is 8.56. The van der Waals surface area contributed by atoms with E-state index in [-0.39, 0.29) is 18.4 Å². The molecule has 0 aliphatic carbocycles. The molecule has 0 aromatic heterocycles. The molecule has 134 valence electrons. The Hall–Kier alpha value is -2.41. The molecule has 2 fully saturated rings. The van der Waals surface area contributed by atoms with Crippen LogP contribution in [0.4, 0.5) is 0 Å². The maximum absolute atomic E-state index is 11.7. The lowest BCUT2D eigenvalue weighted by Gasteiger charge is -2.31. The summed E-state index contributed by atoms with van der Waals surface area (Å²) in [6, 6.07) is 7.70. The number of carboxylic acid groups (broad SMARTS) is 1. The molecule has 3 rings (SSSR count). The highest BCUT2D eigenvalue weighted by Crippen LogP contribution is 2.29. The number of benzene rings is 1. The number of hydrogen-bond acceptors (Lipinski definition) is 5. The van der Waals surface area contributed by atoms with Crippen molar-refractivity contribution in [1.82, 2.24) is 10.2 Å². The highest BCUT2D eigenvalue weighted by molar-refractivity contribution is 5.99. The first-order valence-corrected chi connectivity index (χ1v) is 8.56. The number of piperidine rings is 2. The highest BCUT2D eigenvalue weighted by atomic mass is 16.5. The standard InChI is InChI=1S/C18H22N2O5/c21-16-6-5-15(18(24)19-16)25-14-3-1-12(2-4-14)13-7-9-20(10-8-13)11-17(22)23/h1-4,13,15H,5-11H2,(H,22,23)(H,19,21,24)/t15-/m1/s1. The Balaban J connectivity index is 1.53. The number of likely N-dealkylation sites (tertiary alicyclic amines) is 1. The number of carboxylic acids is 1. The van der Waals surface area contributed by atoms with Gasteiger partial charge in [-0.25, -0.2) is 0 Å². The molecule has 2 aliphatic heterocycles. The van der Waals surface area contributed by atoms with Gasteiger partial charge in [-0.2, -0.15) is 0 Å². The molecule has 2 aliphatic rings. The summed E-state index contributed by atoms with van der Waals surface area (Å²) in [7, 11) is 0. The number of rotatable bonds is 5. The molecule has 0 saturated carbocycles. The third kappa shape index (κ3) is 4.57. The van der Waals surface area contributed by atoms with Crippen LogP contribution in [0.3, 0.4) is 0 Å². The average molecular weight is 346 g/mol. The van der Waals surface area contributed by atoms with Gasteiger partial charge in [-0.1, -0.05) is 12.1 Å². The fraction of sp³-hybridized carbons (Fsp3) is 0.500. The summed E-state index contributed by atoms with van der Waals surface area (Å²) in [5.41, 5.74) is 1.20. The van der Waals surface area contributed by atoms with Gasteiger partial charge < -0.3 is 9.84 Å². The van der Waals surface area contributed by atoms with Crippen LogP contribution in [0.15, 0.2) is 24.3 Å². The number of hydrogen-bond donors (Lipinski definition) is 2. The van der Waals surface area contributed by atoms with Crippen molar-refractivity contribution in [3.63, 3.8) is 0 Å². The summed E-state index contributed by atoms with van der Waals surface area (Å²) in [6.07, 6.45) is 1.93. The molecular weight excluding hydrogens is 324 g/mol. The SMILES string of the molecule is O=C(O)CN1CCC(c2ccc(O[C@@H]3CCC(=O)NC3=O)cc2)CC1. The van der Waals surface area contributed by atoms with Crippen LogP contribution in [-0.4, -0.2) is 53.5 Å². The van der Waals surface area contributed by atoms with E-state index in [1.807, 2.05) is 29.2 Å². The lowest BCUT2D eigenvalue weighted by atomic mass is 9.89. The largest absolute Gasteiger partial charge is 0.481 e. The Morgan fingerprint density at radius 2 is 1.84 bits per heavy atom. The van der Waals surface area contributed by atoms with Crippen molar-refractivity contribution in [3.05, 3.63) is 29.8 Å². The van der Waals surface area contributed by atoms with E-state index in [1.54, 1.807) is 0 Å². The summed E-state index contributed by atoms with van der Waals surface area (Å²) >= 11 is 0. The number of imide groups is 1. The Morgan fingerprint density at radius 1 is 1.16 bits per heavy atom. The van der Waals surface area contributed by atoms with E-state index < -0.39 is 12.1 Å². The molecule has 2 heterocycles. The van der Waals surface area contributed by atoms with Crippen molar-refractivity contribution >= 4 is 17.8 Å². The van der Waals surface area contributed by atoms with Crippen molar-refractivity contribution in [2.45, 2.75) is 37.7 Å². The van der Waals surface area contributed by atoms with Crippen LogP contribution in [0.5, 0.6) is 5.75 Å². The molecule has 0 spiro atoms. The summed E-state index contributed by atoms with van der Waals surface area (Å²) in [4.78, 5) is 35.6. The van der Waals surface area contributed by atoms with Gasteiger partial charge in [0.15, 0.2) is 6.10 Å². The van der Waals surface area contributed by atoms with Gasteiger partial charge in [0, 0.05) is 12.8 Å². The molecule has 0 unspecified atom stereocenters. The zero-order valence-electron chi connectivity index (χ0n) is 13.9. The minimum atomic E-state index is -0.784. The predicted octanol–water partition coefficient (Wildman–Crippen LogP) is 1.13. The van der Waals surface area contributed by atoms with Crippen molar-refractivity contribution in [2.24, 2.45) is 0 Å². The molecule has 7 heteroatoms. The van der Waals surface area contributed by atoms with Crippen molar-refractivity contribution in [1.29, 1.82) is 0 Å². The van der Waals surface area contributed by atoms with Crippen LogP contribution in [0.25, 0.3) is 0 Å². The van der Waals surface area contributed by atoms with Gasteiger partial charge in [-0.05, 0) is 49.5 Å². The fourth-order valence-corrected chi connectivity index (χ4v) is 3.38. The Kier molecular flexibility index (Phi) is 5.33. The maximum Gasteiger partial charge on any atom is 0.317 e. The summed E-state index contributed by atoms with van der Waals surface area (Å²) in [6.45, 7) is 1.67. The number of nitrogens with one attached hydrogen (secondary N) is 1. The van der Waals surface area contributed by atoms with Crippen molar-refractivity contribution in [3.8, 4) is 5.75 Å². The third-order valence-corrected chi connectivity index (χ3v) is 4.76. The first-order chi connectivity index (χ1) is 12.0. The number of aliphatic carboxylic acids is 1. The van der Waals surface area contributed by atoms with Gasteiger partial charge >= 0.3 is 5.97 Å². The van der Waals surface area contributed by atoms with Gasteiger partial charge in [-0.15, -0.1) is 0 Å². The molecule has 7 nitrogen and oxygen atoms in total. The molecule has 0 bridgehead atoms. The molecule has 0 radical (unpaired) electrons. The van der Waals surface area contributed by atoms with Crippen LogP contribution in [-0.2, 0) is 14.4 Å². The zero-order valence-corrected chi connectivity index (χ0v) is 13.9. The fourth-order valence-electron chi connectivity index (χ4n) is 3.38. The quantitative estimate of drug-likeness (QED) is 0.776. The zero-order chi connectivity index (χ0) is 17.8. The van der Waals surface area contributed by atoms with Crippen LogP contribution in [0, 0.1) is 0 Å². The molecule has 1 atom stereocenters.